The number of carbonyl (C=O) groups excluding carboxylic acids is 1. The number of hydrogen-bond donors (Lipinski definition) is 1. The summed E-state index contributed by atoms with van der Waals surface area (Å²) >= 11 is 0. The molecule has 0 saturated carbocycles. The minimum atomic E-state index is -0.382. The molecule has 138 valence electrons. The second-order valence-electron chi connectivity index (χ2n) is 7.22. The number of carbonyl (C=O) groups is 1. The average molecular weight is 357 g/mol. The molecule has 2 saturated heterocycles. The van der Waals surface area contributed by atoms with Crippen LogP contribution in [0.4, 0.5) is 0 Å². The first-order chi connectivity index (χ1) is 12.6. The molecule has 0 bridgehead atoms. The molecule has 4 heterocycles. The van der Waals surface area contributed by atoms with Gasteiger partial charge in [0.25, 0.3) is 5.91 Å². The van der Waals surface area contributed by atoms with E-state index in [1.807, 2.05) is 4.90 Å². The number of aliphatic hydroxyl groups is 1. The van der Waals surface area contributed by atoms with Gasteiger partial charge < -0.3 is 14.5 Å². The van der Waals surface area contributed by atoms with Gasteiger partial charge in [0, 0.05) is 45.1 Å². The summed E-state index contributed by atoms with van der Waals surface area (Å²) in [4.78, 5) is 25.6. The predicted molar refractivity (Wildman–Crippen MR) is 92.5 cm³/mol. The van der Waals surface area contributed by atoms with E-state index in [9.17, 15) is 9.90 Å². The lowest BCUT2D eigenvalue weighted by Gasteiger charge is -2.41. The minimum absolute atomic E-state index is 0.0206. The number of fused-ring (bicyclic) bond motifs is 1. The summed E-state index contributed by atoms with van der Waals surface area (Å²) in [6, 6.07) is 3.56. The molecule has 4 rings (SSSR count). The highest BCUT2D eigenvalue weighted by Gasteiger charge is 2.54. The molecule has 2 aliphatic rings. The molecule has 0 aromatic carbocycles. The molecule has 1 N–H and O–H groups in total. The van der Waals surface area contributed by atoms with Crippen molar-refractivity contribution in [2.75, 3.05) is 39.3 Å². The van der Waals surface area contributed by atoms with Crippen LogP contribution >= 0.6 is 0 Å². The molecule has 2 aromatic heterocycles. The molecule has 0 aliphatic carbocycles. The fourth-order valence-electron chi connectivity index (χ4n) is 4.32. The Bertz CT molecular complexity index is 780. The van der Waals surface area contributed by atoms with Crippen LogP contribution in [0.3, 0.4) is 0 Å². The summed E-state index contributed by atoms with van der Waals surface area (Å²) < 4.78 is 5.57. The van der Waals surface area contributed by atoms with Gasteiger partial charge in [0.05, 0.1) is 17.6 Å². The predicted octanol–water partition coefficient (Wildman–Crippen LogP) is 0.481. The Hall–Kier alpha value is -2.32. The lowest BCUT2D eigenvalue weighted by molar-refractivity contribution is 0.0535. The molecular formula is C18H23N5O3. The maximum atomic E-state index is 12.9. The second-order valence-corrected chi connectivity index (χ2v) is 7.22. The van der Waals surface area contributed by atoms with Gasteiger partial charge in [0.2, 0.25) is 5.89 Å². The molecule has 0 spiro atoms. The highest BCUT2D eigenvalue weighted by atomic mass is 16.5. The normalized spacial score (nSPS) is 26.1. The van der Waals surface area contributed by atoms with Gasteiger partial charge in [-0.1, -0.05) is 5.16 Å². The highest BCUT2D eigenvalue weighted by molar-refractivity contribution is 5.94. The first-order valence-corrected chi connectivity index (χ1v) is 8.96. The van der Waals surface area contributed by atoms with E-state index in [4.69, 9.17) is 4.52 Å². The number of pyridine rings is 1. The SMILES string of the molecule is Cc1noc([C@@]23CN(CCO)C[C@@H]2CCN(C(=O)c2cccnc2)C3)n1. The van der Waals surface area contributed by atoms with Gasteiger partial charge in [-0.05, 0) is 31.4 Å². The number of amides is 1. The van der Waals surface area contributed by atoms with Crippen molar-refractivity contribution in [3.05, 3.63) is 41.8 Å². The summed E-state index contributed by atoms with van der Waals surface area (Å²) in [7, 11) is 0. The van der Waals surface area contributed by atoms with Crippen LogP contribution < -0.4 is 0 Å². The fourth-order valence-corrected chi connectivity index (χ4v) is 4.32. The Morgan fingerprint density at radius 1 is 1.46 bits per heavy atom. The van der Waals surface area contributed by atoms with Crippen molar-refractivity contribution in [2.24, 2.45) is 5.92 Å². The summed E-state index contributed by atoms with van der Waals surface area (Å²) in [6.07, 6.45) is 4.13. The van der Waals surface area contributed by atoms with Gasteiger partial charge in [-0.15, -0.1) is 0 Å². The van der Waals surface area contributed by atoms with E-state index < -0.39 is 0 Å². The van der Waals surface area contributed by atoms with E-state index in [0.29, 0.717) is 49.4 Å². The number of nitrogens with zero attached hydrogens (tertiary/aromatic N) is 5. The zero-order chi connectivity index (χ0) is 18.1. The van der Waals surface area contributed by atoms with E-state index in [0.717, 1.165) is 13.0 Å². The standard InChI is InChI=1S/C18H23N5O3/c1-13-20-17(26-21-13)18-11-22(7-8-24)10-15(18)4-6-23(12-18)16(25)14-3-2-5-19-9-14/h2-3,5,9,15,24H,4,6-8,10-12H2,1H3/t15-,18+/m0/s1. The van der Waals surface area contributed by atoms with Crippen LogP contribution in [0.25, 0.3) is 0 Å². The maximum absolute atomic E-state index is 12.9. The van der Waals surface area contributed by atoms with Crippen LogP contribution in [-0.2, 0) is 5.41 Å². The van der Waals surface area contributed by atoms with Gasteiger partial charge in [0.15, 0.2) is 5.82 Å². The Morgan fingerprint density at radius 3 is 3.04 bits per heavy atom. The second kappa shape index (κ2) is 6.77. The molecule has 2 fully saturated rings. The highest BCUT2D eigenvalue weighted by Crippen LogP contribution is 2.44. The number of aliphatic hydroxyl groups excluding tert-OH is 1. The summed E-state index contributed by atoms with van der Waals surface area (Å²) in [5.41, 5.74) is 0.208. The van der Waals surface area contributed by atoms with Crippen LogP contribution in [0.2, 0.25) is 0 Å². The van der Waals surface area contributed by atoms with Crippen molar-refractivity contribution in [2.45, 2.75) is 18.8 Å². The number of piperidine rings is 1. The molecule has 2 aliphatic heterocycles. The Morgan fingerprint density at radius 2 is 2.35 bits per heavy atom. The van der Waals surface area contributed by atoms with E-state index >= 15 is 0 Å². The largest absolute Gasteiger partial charge is 0.395 e. The molecule has 2 aromatic rings. The molecule has 0 unspecified atom stereocenters. The Balaban J connectivity index is 1.65. The summed E-state index contributed by atoms with van der Waals surface area (Å²) in [6.45, 7) is 5.34. The monoisotopic (exact) mass is 357 g/mol. The van der Waals surface area contributed by atoms with Gasteiger partial charge in [-0.2, -0.15) is 4.98 Å². The number of aromatic nitrogens is 3. The number of rotatable bonds is 4. The Kier molecular flexibility index (Phi) is 4.46. The van der Waals surface area contributed by atoms with Crippen LogP contribution in [-0.4, -0.2) is 75.3 Å². The molecule has 2 atom stereocenters. The average Bonchev–Trinajstić information content (AvgIpc) is 3.25. The fraction of sp³-hybridized carbons (Fsp3) is 0.556. The van der Waals surface area contributed by atoms with Gasteiger partial charge >= 0.3 is 0 Å². The van der Waals surface area contributed by atoms with Crippen molar-refractivity contribution in [3.63, 3.8) is 0 Å². The van der Waals surface area contributed by atoms with Gasteiger partial charge in [-0.25, -0.2) is 0 Å². The van der Waals surface area contributed by atoms with Crippen molar-refractivity contribution in [3.8, 4) is 0 Å². The number of likely N-dealkylation sites (tertiary alicyclic amines) is 2. The summed E-state index contributed by atoms with van der Waals surface area (Å²) in [5.74, 6) is 1.51. The van der Waals surface area contributed by atoms with Crippen LogP contribution in [0.5, 0.6) is 0 Å². The number of hydrogen-bond acceptors (Lipinski definition) is 7. The van der Waals surface area contributed by atoms with E-state index in [2.05, 4.69) is 20.0 Å². The van der Waals surface area contributed by atoms with Crippen LogP contribution in [0, 0.1) is 12.8 Å². The molecular weight excluding hydrogens is 334 g/mol. The Labute approximate surface area is 151 Å². The minimum Gasteiger partial charge on any atom is -0.395 e. The zero-order valence-corrected chi connectivity index (χ0v) is 14.8. The van der Waals surface area contributed by atoms with Crippen LogP contribution in [0.1, 0.15) is 28.5 Å². The van der Waals surface area contributed by atoms with Gasteiger partial charge in [0.1, 0.15) is 0 Å². The molecule has 1 amide bonds. The van der Waals surface area contributed by atoms with E-state index in [1.54, 1.807) is 31.5 Å². The van der Waals surface area contributed by atoms with E-state index in [1.165, 1.54) is 0 Å². The smallest absolute Gasteiger partial charge is 0.255 e. The maximum Gasteiger partial charge on any atom is 0.255 e. The quantitative estimate of drug-likeness (QED) is 0.850. The lowest BCUT2D eigenvalue weighted by atomic mass is 9.73. The van der Waals surface area contributed by atoms with Gasteiger partial charge in [-0.3, -0.25) is 14.7 Å². The molecule has 8 heteroatoms. The molecule has 26 heavy (non-hydrogen) atoms. The van der Waals surface area contributed by atoms with Crippen LogP contribution in [0.15, 0.2) is 29.0 Å². The lowest BCUT2D eigenvalue weighted by Crippen LogP contribution is -2.53. The zero-order valence-electron chi connectivity index (χ0n) is 14.8. The van der Waals surface area contributed by atoms with Crippen molar-refractivity contribution in [1.29, 1.82) is 0 Å². The van der Waals surface area contributed by atoms with Crippen molar-refractivity contribution in [1.82, 2.24) is 24.9 Å². The molecule has 0 radical (unpaired) electrons. The third-order valence-electron chi connectivity index (χ3n) is 5.55. The third-order valence-corrected chi connectivity index (χ3v) is 5.55. The first-order valence-electron chi connectivity index (χ1n) is 8.96. The van der Waals surface area contributed by atoms with Crippen molar-refractivity contribution >= 4 is 5.91 Å². The number of β-amino-alcohol motifs (C(OH)–C–C–N with tert-alkyl or cyclic N) is 1. The number of aryl methyl sites for hydroxylation is 1. The van der Waals surface area contributed by atoms with E-state index in [-0.39, 0.29) is 17.9 Å². The topological polar surface area (TPSA) is 95.6 Å². The summed E-state index contributed by atoms with van der Waals surface area (Å²) in [5, 5.41) is 13.3. The van der Waals surface area contributed by atoms with Crippen molar-refractivity contribution < 1.29 is 14.4 Å². The third kappa shape index (κ3) is 2.89. The molecule has 8 nitrogen and oxygen atoms in total. The first kappa shape index (κ1) is 17.1.